The van der Waals surface area contributed by atoms with Crippen molar-refractivity contribution >= 4 is 12.0 Å². The van der Waals surface area contributed by atoms with E-state index in [9.17, 15) is 9.59 Å². The average Bonchev–Trinajstić information content (AvgIpc) is 2.90. The Bertz CT molecular complexity index is 431. The first-order valence-electron chi connectivity index (χ1n) is 7.23. The molecule has 7 heteroatoms. The van der Waals surface area contributed by atoms with E-state index in [-0.39, 0.29) is 6.42 Å². The van der Waals surface area contributed by atoms with Gasteiger partial charge in [-0.2, -0.15) is 0 Å². The summed E-state index contributed by atoms with van der Waals surface area (Å²) < 4.78 is 0. The molecule has 1 atom stereocenters. The van der Waals surface area contributed by atoms with E-state index in [1.54, 1.807) is 6.20 Å². The van der Waals surface area contributed by atoms with Gasteiger partial charge in [-0.25, -0.2) is 14.6 Å². The molecule has 0 saturated heterocycles. The number of imidazole rings is 1. The van der Waals surface area contributed by atoms with Crippen molar-refractivity contribution in [2.24, 2.45) is 5.92 Å². The van der Waals surface area contributed by atoms with Crippen LogP contribution < -0.4 is 10.6 Å². The number of nitrogens with zero attached hydrogens (tertiary/aromatic N) is 1. The maximum absolute atomic E-state index is 11.7. The number of unbranched alkanes of at least 4 members (excludes halogenated alkanes) is 1. The number of carboxylic acid groups (broad SMARTS) is 1. The molecule has 0 unspecified atom stereocenters. The van der Waals surface area contributed by atoms with Gasteiger partial charge in [-0.05, 0) is 12.3 Å². The lowest BCUT2D eigenvalue weighted by molar-refractivity contribution is -0.139. The molecule has 4 N–H and O–H groups in total. The van der Waals surface area contributed by atoms with E-state index in [2.05, 4.69) is 34.4 Å². The van der Waals surface area contributed by atoms with E-state index in [1.165, 1.54) is 6.33 Å². The van der Waals surface area contributed by atoms with Crippen molar-refractivity contribution in [3.8, 4) is 0 Å². The second kappa shape index (κ2) is 8.99. The Morgan fingerprint density at radius 2 is 2.14 bits per heavy atom. The molecular formula is C14H24N4O3. The van der Waals surface area contributed by atoms with Crippen LogP contribution >= 0.6 is 0 Å². The molecule has 0 aliphatic heterocycles. The summed E-state index contributed by atoms with van der Waals surface area (Å²) in [4.78, 5) is 29.4. The van der Waals surface area contributed by atoms with E-state index in [0.717, 1.165) is 19.3 Å². The molecule has 0 fully saturated rings. The fourth-order valence-corrected chi connectivity index (χ4v) is 1.91. The highest BCUT2D eigenvalue weighted by molar-refractivity contribution is 5.82. The number of carbonyl (C=O) groups is 2. The molecule has 1 aromatic rings. The minimum absolute atomic E-state index is 0.177. The number of aromatic amines is 1. The predicted octanol–water partition coefficient (Wildman–Crippen LogP) is 1.53. The monoisotopic (exact) mass is 296 g/mol. The van der Waals surface area contributed by atoms with Crippen LogP contribution in [0.25, 0.3) is 0 Å². The Labute approximate surface area is 124 Å². The SMILES string of the molecule is CC(C)CCCCNC(=O)N[C@@H](Cc1cnc[nH]1)C(=O)O. The van der Waals surface area contributed by atoms with E-state index in [1.807, 2.05) is 0 Å². The second-order valence-electron chi connectivity index (χ2n) is 5.46. The number of carbonyl (C=O) groups excluding carboxylic acids is 1. The van der Waals surface area contributed by atoms with Crippen LogP contribution in [0.2, 0.25) is 0 Å². The van der Waals surface area contributed by atoms with Gasteiger partial charge >= 0.3 is 12.0 Å². The van der Waals surface area contributed by atoms with Crippen LogP contribution in [0.5, 0.6) is 0 Å². The van der Waals surface area contributed by atoms with Gasteiger partial charge in [-0.3, -0.25) is 0 Å². The summed E-state index contributed by atoms with van der Waals surface area (Å²) in [6, 6.07) is -1.42. The number of urea groups is 1. The van der Waals surface area contributed by atoms with Crippen LogP contribution in [-0.2, 0) is 11.2 Å². The molecule has 0 radical (unpaired) electrons. The summed E-state index contributed by atoms with van der Waals surface area (Å²) >= 11 is 0. The predicted molar refractivity (Wildman–Crippen MR) is 78.9 cm³/mol. The number of carboxylic acids is 1. The van der Waals surface area contributed by atoms with Gasteiger partial charge in [-0.1, -0.05) is 26.7 Å². The van der Waals surface area contributed by atoms with Crippen LogP contribution in [0.15, 0.2) is 12.5 Å². The Hall–Kier alpha value is -2.05. The molecule has 0 bridgehead atoms. The van der Waals surface area contributed by atoms with E-state index < -0.39 is 18.0 Å². The summed E-state index contributed by atoms with van der Waals surface area (Å²) in [6.45, 7) is 4.87. The van der Waals surface area contributed by atoms with Crippen LogP contribution in [0, 0.1) is 5.92 Å². The number of rotatable bonds is 9. The molecule has 7 nitrogen and oxygen atoms in total. The molecule has 0 aliphatic carbocycles. The molecule has 118 valence electrons. The van der Waals surface area contributed by atoms with Crippen molar-refractivity contribution < 1.29 is 14.7 Å². The molecular weight excluding hydrogens is 272 g/mol. The molecule has 1 aromatic heterocycles. The zero-order valence-corrected chi connectivity index (χ0v) is 12.6. The van der Waals surface area contributed by atoms with Gasteiger partial charge in [0.05, 0.1) is 6.33 Å². The number of amides is 2. The highest BCUT2D eigenvalue weighted by Crippen LogP contribution is 2.05. The maximum atomic E-state index is 11.7. The zero-order chi connectivity index (χ0) is 15.7. The van der Waals surface area contributed by atoms with E-state index >= 15 is 0 Å². The first-order valence-corrected chi connectivity index (χ1v) is 7.23. The lowest BCUT2D eigenvalue weighted by atomic mass is 10.1. The van der Waals surface area contributed by atoms with Crippen molar-refractivity contribution in [1.82, 2.24) is 20.6 Å². The quantitative estimate of drug-likeness (QED) is 0.518. The van der Waals surface area contributed by atoms with Gasteiger partial charge in [0, 0.05) is 24.9 Å². The second-order valence-corrected chi connectivity index (χ2v) is 5.46. The highest BCUT2D eigenvalue weighted by Gasteiger charge is 2.20. The number of aromatic nitrogens is 2. The summed E-state index contributed by atoms with van der Waals surface area (Å²) in [7, 11) is 0. The molecule has 1 rings (SSSR count). The van der Waals surface area contributed by atoms with Crippen molar-refractivity contribution in [3.63, 3.8) is 0 Å². The average molecular weight is 296 g/mol. The third kappa shape index (κ3) is 7.34. The Morgan fingerprint density at radius 3 is 2.71 bits per heavy atom. The minimum atomic E-state index is -1.07. The number of hydrogen-bond acceptors (Lipinski definition) is 3. The normalized spacial score (nSPS) is 12.1. The first kappa shape index (κ1) is 17.0. The third-order valence-corrected chi connectivity index (χ3v) is 3.08. The van der Waals surface area contributed by atoms with Gasteiger partial charge in [0.25, 0.3) is 0 Å². The van der Waals surface area contributed by atoms with Crippen molar-refractivity contribution in [1.29, 1.82) is 0 Å². The lowest BCUT2D eigenvalue weighted by Crippen LogP contribution is -2.47. The van der Waals surface area contributed by atoms with Gasteiger partial charge in [0.1, 0.15) is 6.04 Å². The lowest BCUT2D eigenvalue weighted by Gasteiger charge is -2.14. The molecule has 1 heterocycles. The van der Waals surface area contributed by atoms with Crippen LogP contribution in [-0.4, -0.2) is 39.7 Å². The van der Waals surface area contributed by atoms with Crippen LogP contribution in [0.4, 0.5) is 4.79 Å². The topological polar surface area (TPSA) is 107 Å². The summed E-state index contributed by atoms with van der Waals surface area (Å²) in [5, 5.41) is 14.3. The van der Waals surface area contributed by atoms with E-state index in [0.29, 0.717) is 18.2 Å². The smallest absolute Gasteiger partial charge is 0.326 e. The van der Waals surface area contributed by atoms with Gasteiger partial charge < -0.3 is 20.7 Å². The van der Waals surface area contributed by atoms with Gasteiger partial charge in [0.2, 0.25) is 0 Å². The molecule has 0 aliphatic rings. The van der Waals surface area contributed by atoms with Crippen molar-refractivity contribution in [2.75, 3.05) is 6.54 Å². The molecule has 0 saturated carbocycles. The summed E-state index contributed by atoms with van der Waals surface area (Å²) in [5.74, 6) is -0.413. The number of hydrogen-bond donors (Lipinski definition) is 4. The Balaban J connectivity index is 2.27. The summed E-state index contributed by atoms with van der Waals surface area (Å²) in [5.41, 5.74) is 0.666. The Kier molecular flexibility index (Phi) is 7.28. The fourth-order valence-electron chi connectivity index (χ4n) is 1.91. The van der Waals surface area contributed by atoms with Crippen molar-refractivity contribution in [2.45, 2.75) is 45.6 Å². The molecule has 0 aromatic carbocycles. The highest BCUT2D eigenvalue weighted by atomic mass is 16.4. The standard InChI is InChI=1S/C14H24N4O3/c1-10(2)5-3-4-6-16-14(21)18-12(13(19)20)7-11-8-15-9-17-11/h8-10,12H,3-7H2,1-2H3,(H,15,17)(H,19,20)(H2,16,18,21)/t12-/m0/s1. The molecule has 2 amide bonds. The van der Waals surface area contributed by atoms with Crippen LogP contribution in [0.3, 0.4) is 0 Å². The van der Waals surface area contributed by atoms with Crippen LogP contribution in [0.1, 0.15) is 38.8 Å². The van der Waals surface area contributed by atoms with Gasteiger partial charge in [0.15, 0.2) is 0 Å². The van der Waals surface area contributed by atoms with E-state index in [4.69, 9.17) is 5.11 Å². The largest absolute Gasteiger partial charge is 0.480 e. The summed E-state index contributed by atoms with van der Waals surface area (Å²) in [6.07, 6.45) is 6.26. The number of H-pyrrole nitrogens is 1. The Morgan fingerprint density at radius 1 is 1.38 bits per heavy atom. The first-order chi connectivity index (χ1) is 9.99. The third-order valence-electron chi connectivity index (χ3n) is 3.08. The number of aliphatic carboxylic acids is 1. The fraction of sp³-hybridized carbons (Fsp3) is 0.643. The maximum Gasteiger partial charge on any atom is 0.326 e. The van der Waals surface area contributed by atoms with Crippen molar-refractivity contribution in [3.05, 3.63) is 18.2 Å². The number of nitrogens with one attached hydrogen (secondary N) is 3. The zero-order valence-electron chi connectivity index (χ0n) is 12.6. The van der Waals surface area contributed by atoms with Gasteiger partial charge in [-0.15, -0.1) is 0 Å². The molecule has 21 heavy (non-hydrogen) atoms. The molecule has 0 spiro atoms. The minimum Gasteiger partial charge on any atom is -0.480 e.